The Hall–Kier alpha value is -3.57. The zero-order valence-corrected chi connectivity index (χ0v) is 20.3. The molecule has 0 saturated carbocycles. The predicted octanol–water partition coefficient (Wildman–Crippen LogP) is 5.94. The van der Waals surface area contributed by atoms with Gasteiger partial charge in [-0.1, -0.05) is 63.0 Å². The van der Waals surface area contributed by atoms with E-state index in [4.69, 9.17) is 20.2 Å². The average Bonchev–Trinajstić information content (AvgIpc) is 2.83. The minimum absolute atomic E-state index is 0.172. The number of aromatic hydroxyl groups is 1. The fourth-order valence-electron chi connectivity index (χ4n) is 2.98. The fourth-order valence-corrected chi connectivity index (χ4v) is 2.98. The smallest absolute Gasteiger partial charge is 0.508 e. The minimum Gasteiger partial charge on any atom is -0.508 e. The van der Waals surface area contributed by atoms with Gasteiger partial charge in [0.05, 0.1) is 1.28 Å². The molecule has 0 aliphatic rings. The highest BCUT2D eigenvalue weighted by atomic mass is 31.0. The van der Waals surface area contributed by atoms with Gasteiger partial charge < -0.3 is 24.1 Å². The van der Waals surface area contributed by atoms with Crippen molar-refractivity contribution < 1.29 is 33.6 Å². The lowest BCUT2D eigenvalue weighted by atomic mass is 9.78. The molecule has 34 heavy (non-hydrogen) atoms. The van der Waals surface area contributed by atoms with Crippen molar-refractivity contribution in [3.05, 3.63) is 90.0 Å². The molecule has 0 aliphatic carbocycles. The van der Waals surface area contributed by atoms with Crippen LogP contribution in [0.4, 0.5) is 9.59 Å². The first-order valence-electron chi connectivity index (χ1n) is 11.0. The number of rotatable bonds is 7. The Morgan fingerprint density at radius 1 is 0.824 bits per heavy atom. The van der Waals surface area contributed by atoms with Gasteiger partial charge in [-0.3, -0.25) is 0 Å². The summed E-state index contributed by atoms with van der Waals surface area (Å²) in [6.07, 6.45) is -1.80. The lowest BCUT2D eigenvalue weighted by Crippen LogP contribution is -2.20. The monoisotopic (exact) mass is 485 g/mol. The van der Waals surface area contributed by atoms with E-state index in [9.17, 15) is 14.7 Å². The first kappa shape index (κ1) is 25.1. The molecule has 0 saturated heterocycles. The Bertz CT molecular complexity index is 1070. The molecule has 0 bridgehead atoms. The van der Waals surface area contributed by atoms with Crippen molar-refractivity contribution in [1.29, 1.82) is 1.28 Å². The third kappa shape index (κ3) is 8.09. The van der Waals surface area contributed by atoms with Crippen LogP contribution in [0.15, 0.2) is 78.9 Å². The van der Waals surface area contributed by atoms with Crippen LogP contribution >= 0.6 is 9.18 Å². The van der Waals surface area contributed by atoms with Crippen molar-refractivity contribution in [1.82, 2.24) is 0 Å². The van der Waals surface area contributed by atoms with Crippen LogP contribution in [0.5, 0.6) is 17.2 Å². The highest BCUT2D eigenvalue weighted by molar-refractivity contribution is 7.15. The van der Waals surface area contributed by atoms with Gasteiger partial charge in [0.1, 0.15) is 30.5 Å². The number of para-hydroxylation sites is 1. The number of hydrogen-bond acceptors (Lipinski definition) is 7. The molecule has 3 rings (SSSR count). The first-order chi connectivity index (χ1) is 16.8. The van der Waals surface area contributed by atoms with E-state index in [1.165, 1.54) is 0 Å². The van der Waals surface area contributed by atoms with Gasteiger partial charge in [-0.15, -0.1) is 9.18 Å². The predicted molar refractivity (Wildman–Crippen MR) is 133 cm³/mol. The van der Waals surface area contributed by atoms with Crippen LogP contribution in [0.3, 0.4) is 0 Å². The summed E-state index contributed by atoms with van der Waals surface area (Å²) in [5, 5.41) is 9.52. The van der Waals surface area contributed by atoms with Crippen molar-refractivity contribution >= 4 is 21.5 Å². The van der Waals surface area contributed by atoms with Gasteiger partial charge in [-0.25, -0.2) is 9.59 Å². The molecule has 0 aromatic heterocycles. The lowest BCUT2D eigenvalue weighted by molar-refractivity contribution is 0.0542. The van der Waals surface area contributed by atoms with Gasteiger partial charge in [0.2, 0.25) is 0 Å². The molecular weight excluding hydrogens is 455 g/mol. The molecule has 7 nitrogen and oxygen atoms in total. The normalized spacial score (nSPS) is 11.1. The molecule has 1 atom stereocenters. The summed E-state index contributed by atoms with van der Waals surface area (Å²) in [6, 6.07) is 22.5. The van der Waals surface area contributed by atoms with E-state index < -0.39 is 12.3 Å². The van der Waals surface area contributed by atoms with E-state index in [1.807, 2.05) is 38.7 Å². The maximum atomic E-state index is 12.0. The zero-order valence-electron chi connectivity index (χ0n) is 20.3. The SMILES string of the molecule is CC(C)(c1ccc(O)cc1)c1cccc(OC(=O)OCCOC(=O)Oc2ccccc2)c1.[2H]PC. The Balaban J connectivity index is 0.00000137. The molecular formula is C26H29O7P. The summed E-state index contributed by atoms with van der Waals surface area (Å²) in [5.41, 5.74) is 1.53. The van der Waals surface area contributed by atoms with E-state index in [0.717, 1.165) is 11.1 Å². The summed E-state index contributed by atoms with van der Waals surface area (Å²) in [6.45, 7) is 5.53. The molecule has 0 spiro atoms. The molecule has 0 fully saturated rings. The molecule has 3 aromatic carbocycles. The summed E-state index contributed by atoms with van der Waals surface area (Å²) < 4.78 is 26.2. The van der Waals surface area contributed by atoms with Crippen molar-refractivity contribution in [3.63, 3.8) is 0 Å². The quantitative estimate of drug-likeness (QED) is 0.192. The van der Waals surface area contributed by atoms with Crippen LogP contribution in [0.25, 0.3) is 0 Å². The highest BCUT2D eigenvalue weighted by Gasteiger charge is 2.24. The van der Waals surface area contributed by atoms with E-state index in [2.05, 4.69) is 0 Å². The number of carbonyl (C=O) groups is 2. The number of benzene rings is 3. The number of ether oxygens (including phenoxy) is 4. The fraction of sp³-hybridized carbons (Fsp3) is 0.231. The standard InChI is InChI=1S/C25H24O7.CH5P/c1-25(2,18-11-13-20(26)14-12-18)19-7-6-10-22(17-19)32-24(28)30-16-15-29-23(27)31-21-8-4-3-5-9-21;1-2/h3-14,17,26H,15-16H2,1-2H3;2H2,1H3/i;2D. The van der Waals surface area contributed by atoms with E-state index in [-0.39, 0.29) is 24.4 Å². The molecule has 0 radical (unpaired) electrons. The van der Waals surface area contributed by atoms with Crippen molar-refractivity contribution in [3.8, 4) is 17.2 Å². The molecule has 180 valence electrons. The van der Waals surface area contributed by atoms with Gasteiger partial charge in [-0.05, 0) is 47.5 Å². The van der Waals surface area contributed by atoms with Crippen molar-refractivity contribution in [2.24, 2.45) is 0 Å². The summed E-state index contributed by atoms with van der Waals surface area (Å²) in [5.74, 6) is 0.874. The molecule has 8 heteroatoms. The largest absolute Gasteiger partial charge is 0.513 e. The zero-order chi connectivity index (χ0) is 25.7. The molecule has 1 unspecified atom stereocenters. The summed E-state index contributed by atoms with van der Waals surface area (Å²) in [4.78, 5) is 23.6. The van der Waals surface area contributed by atoms with Crippen molar-refractivity contribution in [2.45, 2.75) is 19.3 Å². The second-order valence-electron chi connectivity index (χ2n) is 7.41. The van der Waals surface area contributed by atoms with Crippen molar-refractivity contribution in [2.75, 3.05) is 19.9 Å². The Morgan fingerprint density at radius 3 is 1.94 bits per heavy atom. The summed E-state index contributed by atoms with van der Waals surface area (Å²) >= 11 is 0. The molecule has 0 heterocycles. The van der Waals surface area contributed by atoms with Crippen LogP contribution in [0, 0.1) is 0 Å². The first-order valence-corrected chi connectivity index (χ1v) is 11.5. The second-order valence-corrected chi connectivity index (χ2v) is 7.41. The van der Waals surface area contributed by atoms with E-state index >= 15 is 0 Å². The van der Waals surface area contributed by atoms with Crippen LogP contribution in [0.1, 0.15) is 25.0 Å². The third-order valence-electron chi connectivity index (χ3n) is 4.81. The molecule has 0 amide bonds. The third-order valence-corrected chi connectivity index (χ3v) is 4.81. The number of phenolic OH excluding ortho intramolecular Hbond substituents is 1. The maximum Gasteiger partial charge on any atom is 0.513 e. The Labute approximate surface area is 203 Å². The van der Waals surface area contributed by atoms with Crippen LogP contribution in [-0.2, 0) is 14.9 Å². The minimum atomic E-state index is -0.912. The number of carbonyl (C=O) groups excluding carboxylic acids is 2. The van der Waals surface area contributed by atoms with Gasteiger partial charge >= 0.3 is 12.3 Å². The van der Waals surface area contributed by atoms with Crippen LogP contribution in [-0.4, -0.2) is 38.6 Å². The van der Waals surface area contributed by atoms with Crippen LogP contribution < -0.4 is 9.47 Å². The molecule has 3 aromatic rings. The van der Waals surface area contributed by atoms with Gasteiger partial charge in [-0.2, -0.15) is 0 Å². The Kier molecular flexibility index (Phi) is 9.74. The van der Waals surface area contributed by atoms with E-state index in [1.54, 1.807) is 60.7 Å². The van der Waals surface area contributed by atoms with Gasteiger partial charge in [0.25, 0.3) is 0 Å². The molecule has 1 N–H and O–H groups in total. The van der Waals surface area contributed by atoms with E-state index in [0.29, 0.717) is 20.7 Å². The average molecular weight is 485 g/mol. The second kappa shape index (κ2) is 13.2. The Morgan fingerprint density at radius 2 is 1.35 bits per heavy atom. The highest BCUT2D eigenvalue weighted by Crippen LogP contribution is 2.34. The van der Waals surface area contributed by atoms with Gasteiger partial charge in [0, 0.05) is 5.41 Å². The summed E-state index contributed by atoms with van der Waals surface area (Å²) in [7, 11) is 0.333. The number of hydrogen-bond donors (Lipinski definition) is 1. The topological polar surface area (TPSA) is 91.3 Å². The lowest BCUT2D eigenvalue weighted by Gasteiger charge is -2.26. The van der Waals surface area contributed by atoms with Crippen LogP contribution in [0.2, 0.25) is 0 Å². The number of phenols is 1. The molecule has 0 aliphatic heterocycles. The van der Waals surface area contributed by atoms with Gasteiger partial charge in [0.15, 0.2) is 0 Å². The maximum absolute atomic E-state index is 12.0.